The van der Waals surface area contributed by atoms with E-state index in [0.717, 1.165) is 22.2 Å². The number of benzene rings is 3. The highest BCUT2D eigenvalue weighted by Crippen LogP contribution is 2.38. The smallest absolute Gasteiger partial charge is 0.294 e. The second-order valence-electron chi connectivity index (χ2n) is 8.00. The number of carbonyl (C=O) groups excluding carboxylic acids is 3. The van der Waals surface area contributed by atoms with Crippen LogP contribution in [-0.4, -0.2) is 35.6 Å². The first kappa shape index (κ1) is 29.8. The summed E-state index contributed by atoms with van der Waals surface area (Å²) in [7, 11) is 1.48. The van der Waals surface area contributed by atoms with Crippen molar-refractivity contribution in [2.75, 3.05) is 19.0 Å². The third-order valence-corrected chi connectivity index (χ3v) is 8.28. The van der Waals surface area contributed by atoms with Crippen LogP contribution in [0.1, 0.15) is 11.1 Å². The van der Waals surface area contributed by atoms with Gasteiger partial charge in [0.25, 0.3) is 11.1 Å². The Hall–Kier alpha value is -2.21. The molecule has 4 rings (SSSR count). The molecule has 0 aliphatic carbocycles. The lowest BCUT2D eigenvalue weighted by atomic mass is 10.2. The van der Waals surface area contributed by atoms with Crippen LogP contribution in [0.5, 0.6) is 11.5 Å². The Labute approximate surface area is 260 Å². The fourth-order valence-electron chi connectivity index (χ4n) is 3.47. The van der Waals surface area contributed by atoms with Crippen LogP contribution >= 0.6 is 78.4 Å². The van der Waals surface area contributed by atoms with Crippen molar-refractivity contribution >= 4 is 107 Å². The monoisotopic (exact) mass is 732 g/mol. The summed E-state index contributed by atoms with van der Waals surface area (Å²) in [5.41, 5.74) is 1.80. The number of halogens is 5. The molecule has 0 bridgehead atoms. The maximum Gasteiger partial charge on any atom is 0.294 e. The first-order chi connectivity index (χ1) is 18.5. The molecule has 39 heavy (non-hydrogen) atoms. The second kappa shape index (κ2) is 13.0. The number of carbonyl (C=O) groups is 3. The third kappa shape index (κ3) is 7.31. The van der Waals surface area contributed by atoms with Gasteiger partial charge in [-0.15, -0.1) is 0 Å². The predicted octanol–water partition coefficient (Wildman–Crippen LogP) is 8.43. The van der Waals surface area contributed by atoms with Crippen LogP contribution in [0.15, 0.2) is 62.4 Å². The molecule has 3 aromatic rings. The molecule has 1 saturated heterocycles. The van der Waals surface area contributed by atoms with Crippen molar-refractivity contribution in [2.24, 2.45) is 0 Å². The quantitative estimate of drug-likeness (QED) is 0.234. The Morgan fingerprint density at radius 1 is 1.03 bits per heavy atom. The SMILES string of the molecule is COc1ccc(NC(=O)CN2C(=O)S/C(=C/c3cc(Br)c(OCc4ccc(Cl)cc4Cl)c(Br)c3)C2=O)cc1Cl. The van der Waals surface area contributed by atoms with Crippen LogP contribution < -0.4 is 14.8 Å². The number of thioether (sulfide) groups is 1. The fourth-order valence-corrected chi connectivity index (χ4v) is 6.48. The summed E-state index contributed by atoms with van der Waals surface area (Å²) in [6.07, 6.45) is 1.57. The van der Waals surface area contributed by atoms with Gasteiger partial charge in [-0.25, -0.2) is 0 Å². The minimum Gasteiger partial charge on any atom is -0.495 e. The average Bonchev–Trinajstić information content (AvgIpc) is 3.12. The summed E-state index contributed by atoms with van der Waals surface area (Å²) >= 11 is 26.0. The lowest BCUT2D eigenvalue weighted by Crippen LogP contribution is -2.36. The molecule has 1 aliphatic heterocycles. The number of nitrogens with one attached hydrogen (secondary N) is 1. The van der Waals surface area contributed by atoms with Crippen molar-refractivity contribution in [3.8, 4) is 11.5 Å². The minimum absolute atomic E-state index is 0.181. The summed E-state index contributed by atoms with van der Waals surface area (Å²) in [4.78, 5) is 39.0. The van der Waals surface area contributed by atoms with E-state index in [9.17, 15) is 14.4 Å². The van der Waals surface area contributed by atoms with Gasteiger partial charge in [-0.1, -0.05) is 40.9 Å². The first-order valence-corrected chi connectivity index (χ1v) is 14.5. The molecule has 3 aromatic carbocycles. The maximum absolute atomic E-state index is 12.9. The van der Waals surface area contributed by atoms with E-state index >= 15 is 0 Å². The van der Waals surface area contributed by atoms with Crippen LogP contribution in [0.25, 0.3) is 6.08 Å². The summed E-state index contributed by atoms with van der Waals surface area (Å²) in [6, 6.07) is 13.4. The summed E-state index contributed by atoms with van der Waals surface area (Å²) in [6.45, 7) is -0.241. The zero-order valence-corrected chi connectivity index (χ0v) is 26.2. The maximum atomic E-state index is 12.9. The zero-order valence-electron chi connectivity index (χ0n) is 19.9. The van der Waals surface area contributed by atoms with Gasteiger partial charge in [-0.2, -0.15) is 0 Å². The molecule has 0 saturated carbocycles. The number of imide groups is 1. The Bertz CT molecular complexity index is 1500. The van der Waals surface area contributed by atoms with Crippen molar-refractivity contribution in [2.45, 2.75) is 6.61 Å². The second-order valence-corrected chi connectivity index (χ2v) is 12.0. The van der Waals surface area contributed by atoms with Crippen LogP contribution in [0, 0.1) is 0 Å². The molecule has 3 amide bonds. The molecule has 1 heterocycles. The normalized spacial score (nSPS) is 14.2. The Morgan fingerprint density at radius 2 is 1.74 bits per heavy atom. The zero-order chi connectivity index (χ0) is 28.3. The number of rotatable bonds is 8. The summed E-state index contributed by atoms with van der Waals surface area (Å²) in [5, 5.41) is 3.41. The Morgan fingerprint density at radius 3 is 2.38 bits per heavy atom. The van der Waals surface area contributed by atoms with Gasteiger partial charge in [0, 0.05) is 21.3 Å². The van der Waals surface area contributed by atoms with E-state index in [4.69, 9.17) is 44.3 Å². The standard InChI is InChI=1S/C26H17Br2Cl3N2O5S/c1-37-21-5-4-16(10-20(21)31)32-23(34)11-33-25(35)22(39-26(33)36)8-13-6-17(27)24(18(28)7-13)38-12-14-2-3-15(29)9-19(14)30/h2-10H,11-12H2,1H3,(H,32,34)/b22-8+. The minimum atomic E-state index is -0.571. The predicted molar refractivity (Wildman–Crippen MR) is 162 cm³/mol. The highest BCUT2D eigenvalue weighted by molar-refractivity contribution is 9.11. The van der Waals surface area contributed by atoms with E-state index < -0.39 is 23.6 Å². The van der Waals surface area contributed by atoms with E-state index in [2.05, 4.69) is 37.2 Å². The first-order valence-electron chi connectivity index (χ1n) is 11.0. The van der Waals surface area contributed by atoms with Crippen LogP contribution in [0.3, 0.4) is 0 Å². The Kier molecular flexibility index (Phi) is 9.90. The third-order valence-electron chi connectivity index (χ3n) is 5.32. The number of nitrogens with zero attached hydrogens (tertiary/aromatic N) is 1. The molecule has 1 fully saturated rings. The van der Waals surface area contributed by atoms with Gasteiger partial charge in [-0.05, 0) is 97.7 Å². The van der Waals surface area contributed by atoms with Crippen molar-refractivity contribution in [1.29, 1.82) is 0 Å². The van der Waals surface area contributed by atoms with E-state index in [0.29, 0.717) is 46.8 Å². The molecule has 7 nitrogen and oxygen atoms in total. The van der Waals surface area contributed by atoms with Gasteiger partial charge >= 0.3 is 0 Å². The lowest BCUT2D eigenvalue weighted by Gasteiger charge is -2.13. The Balaban J connectivity index is 1.43. The van der Waals surface area contributed by atoms with Gasteiger partial charge in [0.15, 0.2) is 0 Å². The molecule has 1 N–H and O–H groups in total. The van der Waals surface area contributed by atoms with E-state index in [-0.39, 0.29) is 11.5 Å². The van der Waals surface area contributed by atoms with E-state index in [1.54, 1.807) is 48.5 Å². The number of hydrogen-bond donors (Lipinski definition) is 1. The van der Waals surface area contributed by atoms with Gasteiger partial charge < -0.3 is 14.8 Å². The molecular formula is C26H17Br2Cl3N2O5S. The number of amides is 3. The number of anilines is 1. The topological polar surface area (TPSA) is 84.9 Å². The van der Waals surface area contributed by atoms with Crippen molar-refractivity contribution in [1.82, 2.24) is 4.90 Å². The van der Waals surface area contributed by atoms with Crippen LogP contribution in [0.4, 0.5) is 10.5 Å². The van der Waals surface area contributed by atoms with E-state index in [1.807, 2.05) is 0 Å². The highest BCUT2D eigenvalue weighted by atomic mass is 79.9. The molecule has 0 spiro atoms. The number of ether oxygens (including phenoxy) is 2. The highest BCUT2D eigenvalue weighted by Gasteiger charge is 2.36. The molecule has 202 valence electrons. The van der Waals surface area contributed by atoms with Gasteiger partial charge in [0.2, 0.25) is 5.91 Å². The molecule has 0 atom stereocenters. The molecule has 0 unspecified atom stereocenters. The van der Waals surface area contributed by atoms with E-state index in [1.165, 1.54) is 13.2 Å². The molecule has 1 aliphatic rings. The molecule has 0 radical (unpaired) electrons. The molecule has 0 aromatic heterocycles. The molecular weight excluding hydrogens is 719 g/mol. The largest absolute Gasteiger partial charge is 0.495 e. The van der Waals surface area contributed by atoms with Crippen molar-refractivity contribution in [3.05, 3.63) is 88.6 Å². The van der Waals surface area contributed by atoms with Crippen LogP contribution in [-0.2, 0) is 16.2 Å². The van der Waals surface area contributed by atoms with Gasteiger partial charge in [0.05, 0.1) is 26.0 Å². The fraction of sp³-hybridized carbons (Fsp3) is 0.115. The lowest BCUT2D eigenvalue weighted by molar-refractivity contribution is -0.127. The summed E-state index contributed by atoms with van der Waals surface area (Å²) < 4.78 is 12.3. The average molecular weight is 736 g/mol. The van der Waals surface area contributed by atoms with Crippen molar-refractivity contribution in [3.63, 3.8) is 0 Å². The van der Waals surface area contributed by atoms with Gasteiger partial charge in [-0.3, -0.25) is 19.3 Å². The van der Waals surface area contributed by atoms with Crippen LogP contribution in [0.2, 0.25) is 15.1 Å². The summed E-state index contributed by atoms with van der Waals surface area (Å²) in [5.74, 6) is -0.137. The molecule has 13 heteroatoms. The number of methoxy groups -OCH3 is 1. The van der Waals surface area contributed by atoms with Gasteiger partial charge in [0.1, 0.15) is 24.7 Å². The van der Waals surface area contributed by atoms with Crippen molar-refractivity contribution < 1.29 is 23.9 Å². The number of hydrogen-bond acceptors (Lipinski definition) is 6.